The highest BCUT2D eigenvalue weighted by Gasteiger charge is 2.59. The van der Waals surface area contributed by atoms with Crippen LogP contribution in [0.3, 0.4) is 0 Å². The Balaban J connectivity index is 1.38. The molecule has 3 aliphatic rings. The molecule has 1 unspecified atom stereocenters. The van der Waals surface area contributed by atoms with Crippen molar-refractivity contribution in [2.24, 2.45) is 10.4 Å². The number of pyridine rings is 1. The first kappa shape index (κ1) is 28.6. The van der Waals surface area contributed by atoms with Gasteiger partial charge in [-0.05, 0) is 52.2 Å². The number of aromatic nitrogens is 3. The number of halogens is 3. The van der Waals surface area contributed by atoms with E-state index >= 15 is 8.78 Å². The molecule has 0 saturated heterocycles. The van der Waals surface area contributed by atoms with Crippen molar-refractivity contribution in [2.45, 2.75) is 58.5 Å². The number of anilines is 1. The predicted molar refractivity (Wildman–Crippen MR) is 154 cm³/mol. The lowest BCUT2D eigenvalue weighted by Gasteiger charge is -2.38. The largest absolute Gasteiger partial charge is 0.492 e. The van der Waals surface area contributed by atoms with Crippen molar-refractivity contribution in [1.82, 2.24) is 20.1 Å². The number of amides is 2. The molecule has 3 aromatic rings. The maximum atomic E-state index is 15.4. The van der Waals surface area contributed by atoms with Crippen molar-refractivity contribution >= 4 is 28.8 Å². The van der Waals surface area contributed by atoms with E-state index in [1.54, 1.807) is 6.92 Å². The summed E-state index contributed by atoms with van der Waals surface area (Å²) in [6.07, 6.45) is 4.02. The van der Waals surface area contributed by atoms with Crippen LogP contribution in [-0.2, 0) is 4.79 Å². The van der Waals surface area contributed by atoms with Crippen LogP contribution in [-0.4, -0.2) is 51.5 Å². The molecule has 0 bridgehead atoms. The summed E-state index contributed by atoms with van der Waals surface area (Å²) in [6.45, 7) is 7.94. The zero-order valence-corrected chi connectivity index (χ0v) is 24.2. The van der Waals surface area contributed by atoms with Crippen LogP contribution in [0.5, 0.6) is 5.75 Å². The Bertz CT molecular complexity index is 1710. The minimum Gasteiger partial charge on any atom is -0.492 e. The summed E-state index contributed by atoms with van der Waals surface area (Å²) in [5.41, 5.74) is 1.93. The van der Waals surface area contributed by atoms with Crippen LogP contribution in [0, 0.1) is 22.9 Å². The molecule has 1 saturated carbocycles. The van der Waals surface area contributed by atoms with Crippen molar-refractivity contribution in [3.8, 4) is 5.75 Å². The number of fused-ring (bicyclic) bond motifs is 1. The zero-order chi connectivity index (χ0) is 30.6. The number of hydrogen-bond acceptors (Lipinski definition) is 6. The Hall–Kier alpha value is -4.48. The molecule has 0 radical (unpaired) electrons. The fourth-order valence-corrected chi connectivity index (χ4v) is 6.14. The maximum absolute atomic E-state index is 15.4. The standard InChI is InChI=1S/C31H31F3N6O3/c1-15(2)40-22(5-8-37-40)29(41)39-28(26-25-20(33)9-18(32)10-23(25)43-14-31(26)6-7-31)30(42)38-19-11-21(34)27(36-13-19)24-16(3)12-35-17(24)4/h5,8-11,13,15,26,28H,6-7,12,14H2,1-4H3,(H,38,42)(H,39,41)/t26?,28-/m0/s1. The van der Waals surface area contributed by atoms with Crippen LogP contribution in [0.4, 0.5) is 18.9 Å². The molecule has 2 atom stereocenters. The van der Waals surface area contributed by atoms with Gasteiger partial charge in [0.2, 0.25) is 5.91 Å². The van der Waals surface area contributed by atoms with Gasteiger partial charge in [0.1, 0.15) is 34.8 Å². The van der Waals surface area contributed by atoms with Gasteiger partial charge in [0.15, 0.2) is 5.82 Å². The van der Waals surface area contributed by atoms with Crippen molar-refractivity contribution in [1.29, 1.82) is 0 Å². The smallest absolute Gasteiger partial charge is 0.270 e. The van der Waals surface area contributed by atoms with E-state index in [4.69, 9.17) is 4.74 Å². The number of carbonyl (C=O) groups excluding carboxylic acids is 2. The molecule has 2 amide bonds. The van der Waals surface area contributed by atoms with Crippen LogP contribution < -0.4 is 15.4 Å². The summed E-state index contributed by atoms with van der Waals surface area (Å²) < 4.78 is 52.2. The molecule has 1 aliphatic carbocycles. The number of rotatable bonds is 7. The predicted octanol–water partition coefficient (Wildman–Crippen LogP) is 5.22. The third-order valence-corrected chi connectivity index (χ3v) is 8.42. The van der Waals surface area contributed by atoms with E-state index in [-0.39, 0.29) is 41.0 Å². The van der Waals surface area contributed by atoms with Crippen LogP contribution >= 0.6 is 0 Å². The number of carbonyl (C=O) groups is 2. The monoisotopic (exact) mass is 592 g/mol. The van der Waals surface area contributed by atoms with E-state index in [1.807, 2.05) is 20.8 Å². The molecule has 1 spiro atoms. The molecule has 9 nitrogen and oxygen atoms in total. The first-order valence-corrected chi connectivity index (χ1v) is 14.1. The maximum Gasteiger partial charge on any atom is 0.270 e. The molecule has 1 fully saturated rings. The summed E-state index contributed by atoms with van der Waals surface area (Å²) in [5.74, 6) is -4.56. The number of nitrogens with zero attached hydrogens (tertiary/aromatic N) is 4. The molecule has 43 heavy (non-hydrogen) atoms. The Kier molecular flexibility index (Phi) is 7.10. The number of allylic oxidation sites excluding steroid dienone is 1. The summed E-state index contributed by atoms with van der Waals surface area (Å²) in [4.78, 5) is 36.2. The highest BCUT2D eigenvalue weighted by atomic mass is 19.1. The molecule has 2 N–H and O–H groups in total. The van der Waals surface area contributed by atoms with Gasteiger partial charge < -0.3 is 15.4 Å². The molecular formula is C31H31F3N6O3. The first-order chi connectivity index (χ1) is 20.5. The summed E-state index contributed by atoms with van der Waals surface area (Å²) in [6, 6.07) is 3.01. The van der Waals surface area contributed by atoms with E-state index in [9.17, 15) is 14.0 Å². The van der Waals surface area contributed by atoms with Crippen LogP contribution in [0.25, 0.3) is 5.57 Å². The minimum absolute atomic E-state index is 0.0148. The normalized spacial score (nSPS) is 19.2. The highest BCUT2D eigenvalue weighted by Crippen LogP contribution is 2.61. The van der Waals surface area contributed by atoms with Gasteiger partial charge in [-0.25, -0.2) is 13.2 Å². The van der Waals surface area contributed by atoms with E-state index in [0.717, 1.165) is 23.8 Å². The molecule has 12 heteroatoms. The molecule has 2 aliphatic heterocycles. The van der Waals surface area contributed by atoms with Crippen molar-refractivity contribution in [3.05, 3.63) is 76.6 Å². The Morgan fingerprint density at radius 3 is 2.53 bits per heavy atom. The molecule has 2 aromatic heterocycles. The number of hydrogen-bond donors (Lipinski definition) is 2. The topological polar surface area (TPSA) is 110 Å². The fourth-order valence-electron chi connectivity index (χ4n) is 6.14. The molecule has 1 aromatic carbocycles. The van der Waals surface area contributed by atoms with Crippen molar-refractivity contribution in [3.63, 3.8) is 0 Å². The molecule has 6 rings (SSSR count). The number of ether oxygens (including phenoxy) is 1. The SMILES string of the molecule is CC1=NCC(C)=C1c1ncc(NC(=O)[C@@H](NC(=O)c2ccnn2C(C)C)C2c3c(F)cc(F)cc3OCC23CC3)cc1F. The van der Waals surface area contributed by atoms with Gasteiger partial charge in [-0.2, -0.15) is 5.10 Å². The zero-order valence-electron chi connectivity index (χ0n) is 24.2. The number of benzene rings is 1. The van der Waals surface area contributed by atoms with Crippen LogP contribution in [0.1, 0.15) is 74.2 Å². The summed E-state index contributed by atoms with van der Waals surface area (Å²) >= 11 is 0. The van der Waals surface area contributed by atoms with Gasteiger partial charge in [0.05, 0.1) is 25.0 Å². The highest BCUT2D eigenvalue weighted by molar-refractivity contribution is 6.24. The van der Waals surface area contributed by atoms with Crippen LogP contribution in [0.15, 0.2) is 47.2 Å². The second kappa shape index (κ2) is 10.7. The lowest BCUT2D eigenvalue weighted by atomic mass is 9.75. The second-order valence-corrected chi connectivity index (χ2v) is 11.7. The van der Waals surface area contributed by atoms with Crippen molar-refractivity contribution in [2.75, 3.05) is 18.5 Å². The molecule has 4 heterocycles. The van der Waals surface area contributed by atoms with E-state index in [1.165, 1.54) is 23.1 Å². The molecular weight excluding hydrogens is 561 g/mol. The van der Waals surface area contributed by atoms with E-state index < -0.39 is 46.6 Å². The fraction of sp³-hybridized carbons (Fsp3) is 0.387. The Morgan fingerprint density at radius 1 is 1.12 bits per heavy atom. The average molecular weight is 593 g/mol. The quantitative estimate of drug-likeness (QED) is 0.391. The molecule has 224 valence electrons. The lowest BCUT2D eigenvalue weighted by molar-refractivity contribution is -0.119. The number of nitrogens with one attached hydrogen (secondary N) is 2. The van der Waals surface area contributed by atoms with Crippen LogP contribution in [0.2, 0.25) is 0 Å². The third kappa shape index (κ3) is 5.08. The average Bonchev–Trinajstić information content (AvgIpc) is 3.38. The van der Waals surface area contributed by atoms with Gasteiger partial charge in [0.25, 0.3) is 5.91 Å². The number of aliphatic imine (C=N–C) groups is 1. The summed E-state index contributed by atoms with van der Waals surface area (Å²) in [5, 5.41) is 9.68. The van der Waals surface area contributed by atoms with E-state index in [0.29, 0.717) is 30.7 Å². The minimum atomic E-state index is -1.33. The third-order valence-electron chi connectivity index (χ3n) is 8.42. The Morgan fingerprint density at radius 2 is 1.88 bits per heavy atom. The second-order valence-electron chi connectivity index (χ2n) is 11.7. The van der Waals surface area contributed by atoms with Gasteiger partial charge in [-0.3, -0.25) is 24.2 Å². The van der Waals surface area contributed by atoms with Crippen molar-refractivity contribution < 1.29 is 27.5 Å². The first-order valence-electron chi connectivity index (χ1n) is 14.1. The van der Waals surface area contributed by atoms with Gasteiger partial charge in [-0.1, -0.05) is 0 Å². The van der Waals surface area contributed by atoms with Gasteiger partial charge in [0, 0.05) is 58.6 Å². The van der Waals surface area contributed by atoms with Gasteiger partial charge >= 0.3 is 0 Å². The summed E-state index contributed by atoms with van der Waals surface area (Å²) in [7, 11) is 0. The van der Waals surface area contributed by atoms with Gasteiger partial charge in [-0.15, -0.1) is 0 Å². The Labute approximate surface area is 246 Å². The lowest BCUT2D eigenvalue weighted by Crippen LogP contribution is -2.52. The van der Waals surface area contributed by atoms with E-state index in [2.05, 4.69) is 25.7 Å².